The summed E-state index contributed by atoms with van der Waals surface area (Å²) in [7, 11) is 2.05. The van der Waals surface area contributed by atoms with E-state index in [9.17, 15) is 5.26 Å². The van der Waals surface area contributed by atoms with E-state index in [1.165, 1.54) is 0 Å². The Balaban J connectivity index is 2.20. The number of pyridine rings is 1. The Kier molecular flexibility index (Phi) is 2.62. The number of nitriles is 1. The molecular weight excluding hydrogens is 224 g/mol. The highest BCUT2D eigenvalue weighted by atomic mass is 15.2. The molecule has 0 bridgehead atoms. The van der Waals surface area contributed by atoms with Crippen molar-refractivity contribution < 1.29 is 0 Å². The van der Waals surface area contributed by atoms with E-state index in [-0.39, 0.29) is 0 Å². The first kappa shape index (κ1) is 11.0. The van der Waals surface area contributed by atoms with Crippen molar-refractivity contribution in [2.75, 3.05) is 25.0 Å². The van der Waals surface area contributed by atoms with E-state index < -0.39 is 0 Å². The lowest BCUT2D eigenvalue weighted by molar-refractivity contribution is 0.429. The van der Waals surface area contributed by atoms with Crippen LogP contribution in [0, 0.1) is 11.3 Å². The molecule has 2 heterocycles. The number of nitrogens with one attached hydrogen (secondary N) is 1. The number of para-hydroxylation sites is 1. The third-order valence-electron chi connectivity index (χ3n) is 3.53. The number of fused-ring (bicyclic) bond motifs is 1. The number of aromatic nitrogens is 1. The number of rotatable bonds is 2. The van der Waals surface area contributed by atoms with E-state index in [1.54, 1.807) is 6.20 Å². The van der Waals surface area contributed by atoms with Gasteiger partial charge >= 0.3 is 0 Å². The Labute approximate surface area is 106 Å². The maximum absolute atomic E-state index is 9.27. The summed E-state index contributed by atoms with van der Waals surface area (Å²) in [6.45, 7) is 1.94. The molecule has 1 aromatic heterocycles. The highest BCUT2D eigenvalue weighted by molar-refractivity contribution is 5.94. The lowest BCUT2D eigenvalue weighted by Crippen LogP contribution is -2.56. The van der Waals surface area contributed by atoms with Gasteiger partial charge in [0, 0.05) is 31.7 Å². The van der Waals surface area contributed by atoms with Crippen LogP contribution in [0.2, 0.25) is 0 Å². The molecule has 1 N–H and O–H groups in total. The number of nitrogens with zero attached hydrogens (tertiary/aromatic N) is 3. The van der Waals surface area contributed by atoms with Crippen LogP contribution in [0.5, 0.6) is 0 Å². The summed E-state index contributed by atoms with van der Waals surface area (Å²) in [6, 6.07) is 10.7. The molecule has 4 nitrogen and oxygen atoms in total. The fourth-order valence-corrected chi connectivity index (χ4v) is 2.32. The highest BCUT2D eigenvalue weighted by Gasteiger charge is 2.24. The molecular formula is C14H14N4. The van der Waals surface area contributed by atoms with Gasteiger partial charge in [0.15, 0.2) is 0 Å². The van der Waals surface area contributed by atoms with Gasteiger partial charge in [-0.3, -0.25) is 4.98 Å². The Morgan fingerprint density at radius 3 is 2.83 bits per heavy atom. The van der Waals surface area contributed by atoms with Crippen LogP contribution in [0.1, 0.15) is 5.56 Å². The smallest absolute Gasteiger partial charge is 0.103 e. The standard InChI is InChI=1S/C14H14N4/c1-18(11-8-16-9-11)14-10(6-15)7-17-13-5-3-2-4-12(13)14/h2-5,7,11,16H,8-9H2,1H3. The largest absolute Gasteiger partial charge is 0.367 e. The Morgan fingerprint density at radius 1 is 1.39 bits per heavy atom. The van der Waals surface area contributed by atoms with Gasteiger partial charge in [-0.15, -0.1) is 0 Å². The van der Waals surface area contributed by atoms with Crippen LogP contribution in [0.4, 0.5) is 5.69 Å². The molecule has 1 aliphatic rings. The molecule has 0 radical (unpaired) electrons. The van der Waals surface area contributed by atoms with Crippen LogP contribution in [-0.2, 0) is 0 Å². The average Bonchev–Trinajstić information content (AvgIpc) is 2.35. The first-order chi connectivity index (χ1) is 8.81. The number of hydrogen-bond donors (Lipinski definition) is 1. The van der Waals surface area contributed by atoms with Gasteiger partial charge in [0.2, 0.25) is 0 Å². The molecule has 0 saturated carbocycles. The number of hydrogen-bond acceptors (Lipinski definition) is 4. The second kappa shape index (κ2) is 4.28. The van der Waals surface area contributed by atoms with Gasteiger partial charge in [-0.2, -0.15) is 5.26 Å². The number of likely N-dealkylation sites (N-methyl/N-ethyl adjacent to an activating group) is 1. The van der Waals surface area contributed by atoms with E-state index in [1.807, 2.05) is 31.3 Å². The Morgan fingerprint density at radius 2 is 2.17 bits per heavy atom. The van der Waals surface area contributed by atoms with Gasteiger partial charge in [-0.1, -0.05) is 18.2 Å². The van der Waals surface area contributed by atoms with Crippen molar-refractivity contribution in [3.05, 3.63) is 36.0 Å². The van der Waals surface area contributed by atoms with Gasteiger partial charge in [-0.05, 0) is 6.07 Å². The molecule has 1 fully saturated rings. The van der Waals surface area contributed by atoms with Crippen LogP contribution in [0.3, 0.4) is 0 Å². The molecule has 0 amide bonds. The van der Waals surface area contributed by atoms with E-state index in [0.717, 1.165) is 29.7 Å². The summed E-state index contributed by atoms with van der Waals surface area (Å²) in [5.41, 5.74) is 2.57. The lowest BCUT2D eigenvalue weighted by atomic mass is 10.1. The van der Waals surface area contributed by atoms with Crippen molar-refractivity contribution >= 4 is 16.6 Å². The second-order valence-corrected chi connectivity index (χ2v) is 4.57. The minimum Gasteiger partial charge on any atom is -0.367 e. The van der Waals surface area contributed by atoms with Crippen LogP contribution in [0.25, 0.3) is 10.9 Å². The zero-order chi connectivity index (χ0) is 12.5. The minimum atomic E-state index is 0.461. The van der Waals surface area contributed by atoms with Crippen molar-refractivity contribution in [1.29, 1.82) is 5.26 Å². The van der Waals surface area contributed by atoms with Gasteiger partial charge in [0.05, 0.1) is 22.8 Å². The summed E-state index contributed by atoms with van der Waals surface area (Å²) >= 11 is 0. The molecule has 0 spiro atoms. The highest BCUT2D eigenvalue weighted by Crippen LogP contribution is 2.30. The summed E-state index contributed by atoms with van der Waals surface area (Å²) in [6.07, 6.45) is 1.67. The predicted molar refractivity (Wildman–Crippen MR) is 71.5 cm³/mol. The normalized spacial score (nSPS) is 15.1. The average molecular weight is 238 g/mol. The third-order valence-corrected chi connectivity index (χ3v) is 3.53. The predicted octanol–water partition coefficient (Wildman–Crippen LogP) is 1.51. The lowest BCUT2D eigenvalue weighted by Gasteiger charge is -2.38. The molecule has 3 rings (SSSR count). The number of benzene rings is 1. The molecule has 1 aliphatic heterocycles. The van der Waals surface area contributed by atoms with Crippen LogP contribution in [-0.4, -0.2) is 31.2 Å². The molecule has 0 atom stereocenters. The zero-order valence-corrected chi connectivity index (χ0v) is 10.2. The number of anilines is 1. The van der Waals surface area contributed by atoms with Gasteiger partial charge < -0.3 is 10.2 Å². The van der Waals surface area contributed by atoms with E-state index in [0.29, 0.717) is 11.6 Å². The molecule has 1 saturated heterocycles. The fraction of sp³-hybridized carbons (Fsp3) is 0.286. The quantitative estimate of drug-likeness (QED) is 0.861. The summed E-state index contributed by atoms with van der Waals surface area (Å²) < 4.78 is 0. The van der Waals surface area contributed by atoms with Gasteiger partial charge in [0.1, 0.15) is 6.07 Å². The molecule has 90 valence electrons. The summed E-state index contributed by atoms with van der Waals surface area (Å²) in [5, 5.41) is 13.6. The Hall–Kier alpha value is -2.12. The van der Waals surface area contributed by atoms with E-state index in [2.05, 4.69) is 21.3 Å². The van der Waals surface area contributed by atoms with Crippen molar-refractivity contribution in [3.63, 3.8) is 0 Å². The van der Waals surface area contributed by atoms with Gasteiger partial charge in [-0.25, -0.2) is 0 Å². The van der Waals surface area contributed by atoms with Gasteiger partial charge in [0.25, 0.3) is 0 Å². The van der Waals surface area contributed by atoms with Crippen molar-refractivity contribution in [3.8, 4) is 6.07 Å². The second-order valence-electron chi connectivity index (χ2n) is 4.57. The minimum absolute atomic E-state index is 0.461. The topological polar surface area (TPSA) is 52.0 Å². The molecule has 4 heteroatoms. The molecule has 2 aromatic rings. The summed E-state index contributed by atoms with van der Waals surface area (Å²) in [4.78, 5) is 6.53. The molecule has 18 heavy (non-hydrogen) atoms. The molecule has 1 aromatic carbocycles. The van der Waals surface area contributed by atoms with Crippen molar-refractivity contribution in [2.45, 2.75) is 6.04 Å². The third kappa shape index (κ3) is 1.60. The van der Waals surface area contributed by atoms with Crippen LogP contribution in [0.15, 0.2) is 30.5 Å². The SMILES string of the molecule is CN(c1c(C#N)cnc2ccccc12)C1CNC1. The van der Waals surface area contributed by atoms with Crippen molar-refractivity contribution in [2.24, 2.45) is 0 Å². The maximum atomic E-state index is 9.27. The van der Waals surface area contributed by atoms with Crippen LogP contribution >= 0.6 is 0 Å². The monoisotopic (exact) mass is 238 g/mol. The molecule has 0 unspecified atom stereocenters. The fourth-order valence-electron chi connectivity index (χ4n) is 2.32. The zero-order valence-electron chi connectivity index (χ0n) is 10.2. The molecule has 0 aliphatic carbocycles. The maximum Gasteiger partial charge on any atom is 0.103 e. The first-order valence-corrected chi connectivity index (χ1v) is 6.02. The van der Waals surface area contributed by atoms with E-state index >= 15 is 0 Å². The first-order valence-electron chi connectivity index (χ1n) is 6.02. The van der Waals surface area contributed by atoms with E-state index in [4.69, 9.17) is 0 Å². The van der Waals surface area contributed by atoms with Crippen molar-refractivity contribution in [1.82, 2.24) is 10.3 Å². The summed E-state index contributed by atoms with van der Waals surface area (Å²) in [5.74, 6) is 0. The van der Waals surface area contributed by atoms with Crippen LogP contribution < -0.4 is 10.2 Å². The Bertz CT molecular complexity index is 625.